The third kappa shape index (κ3) is 1.21. The number of halogens is 2. The Morgan fingerprint density at radius 1 is 1.60 bits per heavy atom. The number of nitrogens with zero attached hydrogens (tertiary/aromatic N) is 2. The number of aromatic nitrogens is 1. The van der Waals surface area contributed by atoms with Crippen molar-refractivity contribution in [1.29, 1.82) is 0 Å². The second-order valence-electron chi connectivity index (χ2n) is 4.09. The molecule has 15 heavy (non-hydrogen) atoms. The molecule has 0 unspecified atom stereocenters. The van der Waals surface area contributed by atoms with E-state index in [2.05, 4.69) is 10.3 Å². The minimum Gasteiger partial charge on any atom is -0.356 e. The van der Waals surface area contributed by atoms with Crippen LogP contribution in [0.5, 0.6) is 0 Å². The van der Waals surface area contributed by atoms with Crippen LogP contribution in [-0.2, 0) is 5.54 Å². The molecule has 2 aliphatic rings. The molecule has 0 radical (unpaired) electrons. The van der Waals surface area contributed by atoms with Crippen molar-refractivity contribution in [3.05, 3.63) is 23.0 Å². The molecule has 3 nitrogen and oxygen atoms in total. The zero-order valence-electron chi connectivity index (χ0n) is 8.13. The third-order valence-electron chi connectivity index (χ3n) is 3.15. The molecule has 1 aromatic heterocycles. The molecule has 0 saturated heterocycles. The molecule has 2 heterocycles. The van der Waals surface area contributed by atoms with E-state index in [1.54, 1.807) is 0 Å². The Balaban J connectivity index is 2.25. The first-order chi connectivity index (χ1) is 7.27. The van der Waals surface area contributed by atoms with Gasteiger partial charge in [-0.05, 0) is 18.9 Å². The van der Waals surface area contributed by atoms with Crippen molar-refractivity contribution in [1.82, 2.24) is 9.88 Å². The van der Waals surface area contributed by atoms with Gasteiger partial charge in [-0.15, -0.1) is 0 Å². The van der Waals surface area contributed by atoms with Gasteiger partial charge in [-0.25, -0.2) is 9.38 Å². The molecule has 1 fully saturated rings. The topological polar surface area (TPSA) is 29.3 Å². The Labute approximate surface area is 91.3 Å². The number of nitrogens with one attached hydrogen (secondary N) is 1. The zero-order valence-corrected chi connectivity index (χ0v) is 8.89. The molecule has 0 bridgehead atoms. The fourth-order valence-electron chi connectivity index (χ4n) is 2.00. The molecule has 1 aliphatic heterocycles. The fourth-order valence-corrected chi connectivity index (χ4v) is 2.21. The minimum atomic E-state index is -0.328. The van der Waals surface area contributed by atoms with Crippen LogP contribution in [0.15, 0.2) is 17.3 Å². The van der Waals surface area contributed by atoms with E-state index in [1.807, 2.05) is 16.8 Å². The Morgan fingerprint density at radius 2 is 2.40 bits per heavy atom. The second kappa shape index (κ2) is 2.98. The van der Waals surface area contributed by atoms with Crippen molar-refractivity contribution < 1.29 is 4.39 Å². The van der Waals surface area contributed by atoms with Crippen molar-refractivity contribution in [2.45, 2.75) is 18.4 Å². The van der Waals surface area contributed by atoms with Crippen LogP contribution in [0.3, 0.4) is 0 Å². The van der Waals surface area contributed by atoms with Gasteiger partial charge in [0, 0.05) is 6.20 Å². The van der Waals surface area contributed by atoms with Crippen molar-refractivity contribution in [3.8, 4) is 0 Å². The van der Waals surface area contributed by atoms with Crippen LogP contribution >= 0.6 is 11.6 Å². The SMILES string of the molecule is FCC1(n2ccc3c2=NCNC=3Cl)CC1. The largest absolute Gasteiger partial charge is 0.356 e. The summed E-state index contributed by atoms with van der Waals surface area (Å²) in [5.41, 5.74) is 0.486. The summed E-state index contributed by atoms with van der Waals surface area (Å²) < 4.78 is 14.9. The van der Waals surface area contributed by atoms with Crippen LogP contribution in [0.1, 0.15) is 12.8 Å². The molecular formula is C10H11ClFN3. The van der Waals surface area contributed by atoms with E-state index in [-0.39, 0.29) is 12.2 Å². The molecule has 1 aliphatic carbocycles. The smallest absolute Gasteiger partial charge is 0.140 e. The van der Waals surface area contributed by atoms with Crippen molar-refractivity contribution in [2.75, 3.05) is 13.3 Å². The van der Waals surface area contributed by atoms with E-state index in [9.17, 15) is 4.39 Å². The molecule has 1 saturated carbocycles. The molecule has 0 aromatic carbocycles. The lowest BCUT2D eigenvalue weighted by Gasteiger charge is -2.14. The molecule has 1 N–H and O–H groups in total. The van der Waals surface area contributed by atoms with E-state index < -0.39 is 0 Å². The van der Waals surface area contributed by atoms with E-state index in [0.29, 0.717) is 11.8 Å². The summed E-state index contributed by atoms with van der Waals surface area (Å²) in [4.78, 5) is 4.34. The number of hydrogen-bond donors (Lipinski definition) is 1. The summed E-state index contributed by atoms with van der Waals surface area (Å²) >= 11 is 6.01. The van der Waals surface area contributed by atoms with E-state index >= 15 is 0 Å². The maximum Gasteiger partial charge on any atom is 0.140 e. The summed E-state index contributed by atoms with van der Waals surface area (Å²) in [5.74, 6) is 0. The minimum absolute atomic E-state index is 0.325. The number of rotatable bonds is 2. The van der Waals surface area contributed by atoms with Gasteiger partial charge >= 0.3 is 0 Å². The van der Waals surface area contributed by atoms with Crippen LogP contribution < -0.4 is 16.0 Å². The van der Waals surface area contributed by atoms with Crippen LogP contribution in [0, 0.1) is 0 Å². The van der Waals surface area contributed by atoms with Crippen LogP contribution in [0.4, 0.5) is 4.39 Å². The third-order valence-corrected chi connectivity index (χ3v) is 3.48. The number of hydrogen-bond acceptors (Lipinski definition) is 2. The highest BCUT2D eigenvalue weighted by atomic mass is 35.5. The zero-order chi connectivity index (χ0) is 10.5. The van der Waals surface area contributed by atoms with Gasteiger partial charge in [0.05, 0.1) is 10.8 Å². The lowest BCUT2D eigenvalue weighted by atomic mass is 10.3. The predicted octanol–water partition coefficient (Wildman–Crippen LogP) is 0.431. The number of fused-ring (bicyclic) bond motifs is 1. The van der Waals surface area contributed by atoms with Gasteiger partial charge in [0.25, 0.3) is 0 Å². The molecule has 5 heteroatoms. The first kappa shape index (κ1) is 9.21. The van der Waals surface area contributed by atoms with Crippen LogP contribution in [0.25, 0.3) is 5.16 Å². The molecule has 3 rings (SSSR count). The van der Waals surface area contributed by atoms with Gasteiger partial charge in [0.2, 0.25) is 0 Å². The molecular weight excluding hydrogens is 217 g/mol. The molecule has 1 aromatic rings. The van der Waals surface area contributed by atoms with Gasteiger partial charge < -0.3 is 9.88 Å². The molecule has 0 spiro atoms. The van der Waals surface area contributed by atoms with Crippen molar-refractivity contribution in [2.24, 2.45) is 4.99 Å². The Morgan fingerprint density at radius 3 is 3.07 bits per heavy atom. The Kier molecular flexibility index (Phi) is 1.83. The van der Waals surface area contributed by atoms with Crippen LogP contribution in [0.2, 0.25) is 0 Å². The summed E-state index contributed by atoms with van der Waals surface area (Å²) in [5, 5.41) is 4.43. The van der Waals surface area contributed by atoms with Gasteiger partial charge in [-0.2, -0.15) is 0 Å². The first-order valence-corrected chi connectivity index (χ1v) is 5.37. The van der Waals surface area contributed by atoms with Crippen molar-refractivity contribution >= 4 is 16.8 Å². The fraction of sp³-hybridized carbons (Fsp3) is 0.500. The first-order valence-electron chi connectivity index (χ1n) is 4.99. The summed E-state index contributed by atoms with van der Waals surface area (Å²) in [7, 11) is 0. The lowest BCUT2D eigenvalue weighted by molar-refractivity contribution is 0.329. The number of alkyl halides is 1. The molecule has 0 atom stereocenters. The highest BCUT2D eigenvalue weighted by Crippen LogP contribution is 2.42. The molecule has 80 valence electrons. The lowest BCUT2D eigenvalue weighted by Crippen LogP contribution is -2.42. The maximum absolute atomic E-state index is 12.9. The van der Waals surface area contributed by atoms with E-state index in [0.717, 1.165) is 23.5 Å². The highest BCUT2D eigenvalue weighted by Gasteiger charge is 2.45. The van der Waals surface area contributed by atoms with Gasteiger partial charge in [-0.1, -0.05) is 11.6 Å². The Bertz CT molecular complexity index is 515. The van der Waals surface area contributed by atoms with Crippen LogP contribution in [-0.4, -0.2) is 17.9 Å². The summed E-state index contributed by atoms with van der Waals surface area (Å²) in [6.45, 7) is 0.146. The maximum atomic E-state index is 12.9. The van der Waals surface area contributed by atoms with Gasteiger partial charge in [0.1, 0.15) is 24.0 Å². The summed E-state index contributed by atoms with van der Waals surface area (Å²) in [6, 6.07) is 1.89. The average molecular weight is 228 g/mol. The Hall–Kier alpha value is -1.03. The predicted molar refractivity (Wildman–Crippen MR) is 55.7 cm³/mol. The normalized spacial score (nSPS) is 21.6. The van der Waals surface area contributed by atoms with Crippen molar-refractivity contribution in [3.63, 3.8) is 0 Å². The van der Waals surface area contributed by atoms with E-state index in [4.69, 9.17) is 11.6 Å². The van der Waals surface area contributed by atoms with Gasteiger partial charge in [-0.3, -0.25) is 0 Å². The van der Waals surface area contributed by atoms with E-state index in [1.165, 1.54) is 0 Å². The standard InChI is InChI=1S/C10H11ClFN3/c11-8-7-1-4-15(9(7)14-6-13-8)10(5-12)2-3-10/h1,4,13H,2-3,5-6H2. The monoisotopic (exact) mass is 227 g/mol. The second-order valence-corrected chi connectivity index (χ2v) is 4.47. The van der Waals surface area contributed by atoms with Gasteiger partial charge in [0.15, 0.2) is 0 Å². The highest BCUT2D eigenvalue weighted by molar-refractivity contribution is 6.44. The molecule has 0 amide bonds. The average Bonchev–Trinajstić information content (AvgIpc) is 2.92. The summed E-state index contributed by atoms with van der Waals surface area (Å²) in [6.07, 6.45) is 3.67. The quantitative estimate of drug-likeness (QED) is 0.730.